The van der Waals surface area contributed by atoms with E-state index in [0.29, 0.717) is 12.8 Å². The van der Waals surface area contributed by atoms with Gasteiger partial charge in [0.25, 0.3) is 0 Å². The minimum Gasteiger partial charge on any atom is -0.364 e. The Morgan fingerprint density at radius 3 is 2.85 bits per heavy atom. The summed E-state index contributed by atoms with van der Waals surface area (Å²) in [6, 6.07) is 3.71. The van der Waals surface area contributed by atoms with Gasteiger partial charge in [0.05, 0.1) is 5.92 Å². The quantitative estimate of drug-likeness (QED) is 0.616. The van der Waals surface area contributed by atoms with E-state index in [9.17, 15) is 9.59 Å². The molecule has 4 heteroatoms. The van der Waals surface area contributed by atoms with Crippen molar-refractivity contribution in [2.75, 3.05) is 0 Å². The van der Waals surface area contributed by atoms with Crippen LogP contribution in [-0.2, 0) is 9.59 Å². The lowest BCUT2D eigenvalue weighted by molar-refractivity contribution is -0.134. The first-order chi connectivity index (χ1) is 6.27. The smallest absolute Gasteiger partial charge is 0.235 e. The summed E-state index contributed by atoms with van der Waals surface area (Å²) in [5.74, 6) is -0.556. The van der Waals surface area contributed by atoms with Crippen LogP contribution >= 0.6 is 0 Å². The van der Waals surface area contributed by atoms with E-state index in [-0.39, 0.29) is 17.7 Å². The number of hydrogen-bond donors (Lipinski definition) is 2. The van der Waals surface area contributed by atoms with E-state index in [4.69, 9.17) is 0 Å². The molecule has 0 aromatic carbocycles. The zero-order chi connectivity index (χ0) is 9.26. The summed E-state index contributed by atoms with van der Waals surface area (Å²) < 4.78 is 0. The normalized spacial score (nSPS) is 22.9. The third-order valence-electron chi connectivity index (χ3n) is 2.24. The van der Waals surface area contributed by atoms with Gasteiger partial charge in [-0.05, 0) is 18.6 Å². The Bertz CT molecular complexity index is 329. The Balaban J connectivity index is 2.17. The Morgan fingerprint density at radius 1 is 1.38 bits per heavy atom. The number of hydrogen-bond acceptors (Lipinski definition) is 2. The van der Waals surface area contributed by atoms with E-state index < -0.39 is 0 Å². The summed E-state index contributed by atoms with van der Waals surface area (Å²) in [7, 11) is 0. The molecule has 2 rings (SSSR count). The predicted octanol–water partition coefficient (Wildman–Crippen LogP) is 0.535. The largest absolute Gasteiger partial charge is 0.364 e. The molecule has 1 aliphatic heterocycles. The SMILES string of the molecule is O=C1CCC(c2ccc[nH]2)C(=O)N1. The summed E-state index contributed by atoms with van der Waals surface area (Å²) in [4.78, 5) is 25.2. The molecule has 1 aromatic heterocycles. The number of carbonyl (C=O) groups is 2. The number of aromatic nitrogens is 1. The monoisotopic (exact) mass is 178 g/mol. The molecule has 13 heavy (non-hydrogen) atoms. The van der Waals surface area contributed by atoms with E-state index in [1.165, 1.54) is 0 Å². The molecule has 0 bridgehead atoms. The number of carbonyl (C=O) groups excluding carboxylic acids is 2. The molecule has 1 aliphatic rings. The van der Waals surface area contributed by atoms with Crippen molar-refractivity contribution in [2.24, 2.45) is 0 Å². The van der Waals surface area contributed by atoms with Crippen molar-refractivity contribution < 1.29 is 9.59 Å². The van der Waals surface area contributed by atoms with Crippen LogP contribution in [0, 0.1) is 0 Å². The van der Waals surface area contributed by atoms with Gasteiger partial charge in [-0.15, -0.1) is 0 Å². The molecule has 1 fully saturated rings. The minimum atomic E-state index is -0.196. The second kappa shape index (κ2) is 3.05. The standard InChI is InChI=1S/C9H10N2O2/c12-8-4-3-6(9(13)11-8)7-2-1-5-10-7/h1-2,5-6,10H,3-4H2,(H,11,12,13). The van der Waals surface area contributed by atoms with Crippen molar-refractivity contribution in [1.29, 1.82) is 0 Å². The fraction of sp³-hybridized carbons (Fsp3) is 0.333. The van der Waals surface area contributed by atoms with Gasteiger partial charge in [-0.25, -0.2) is 0 Å². The first-order valence-corrected chi connectivity index (χ1v) is 4.24. The van der Waals surface area contributed by atoms with Crippen molar-refractivity contribution in [3.63, 3.8) is 0 Å². The van der Waals surface area contributed by atoms with Gasteiger partial charge in [0, 0.05) is 18.3 Å². The molecule has 0 radical (unpaired) electrons. The fourth-order valence-electron chi connectivity index (χ4n) is 1.55. The first kappa shape index (κ1) is 8.04. The van der Waals surface area contributed by atoms with Gasteiger partial charge in [0.1, 0.15) is 0 Å². The maximum Gasteiger partial charge on any atom is 0.235 e. The highest BCUT2D eigenvalue weighted by molar-refractivity contribution is 6.00. The number of rotatable bonds is 1. The Kier molecular flexibility index (Phi) is 1.88. The van der Waals surface area contributed by atoms with Crippen molar-refractivity contribution >= 4 is 11.8 Å². The van der Waals surface area contributed by atoms with Gasteiger partial charge in [-0.1, -0.05) is 0 Å². The Morgan fingerprint density at radius 2 is 2.23 bits per heavy atom. The van der Waals surface area contributed by atoms with Crippen molar-refractivity contribution in [1.82, 2.24) is 10.3 Å². The summed E-state index contributed by atoms with van der Waals surface area (Å²) in [5.41, 5.74) is 0.880. The topological polar surface area (TPSA) is 62.0 Å². The van der Waals surface area contributed by atoms with Crippen LogP contribution in [0.3, 0.4) is 0 Å². The van der Waals surface area contributed by atoms with Crippen molar-refractivity contribution in [3.8, 4) is 0 Å². The minimum absolute atomic E-state index is 0.173. The van der Waals surface area contributed by atoms with Crippen LogP contribution in [0.5, 0.6) is 0 Å². The number of H-pyrrole nitrogens is 1. The predicted molar refractivity (Wildman–Crippen MR) is 45.9 cm³/mol. The molecule has 1 unspecified atom stereocenters. The Labute approximate surface area is 75.3 Å². The van der Waals surface area contributed by atoms with Crippen LogP contribution in [0.1, 0.15) is 24.5 Å². The van der Waals surface area contributed by atoms with Gasteiger partial charge in [0.2, 0.25) is 11.8 Å². The van der Waals surface area contributed by atoms with E-state index in [1.807, 2.05) is 12.1 Å². The molecule has 1 saturated heterocycles. The van der Waals surface area contributed by atoms with Gasteiger partial charge in [0.15, 0.2) is 0 Å². The van der Waals surface area contributed by atoms with Crippen LogP contribution < -0.4 is 5.32 Å². The molecule has 1 aromatic rings. The van der Waals surface area contributed by atoms with Gasteiger partial charge < -0.3 is 4.98 Å². The lowest BCUT2D eigenvalue weighted by Crippen LogP contribution is -2.39. The molecule has 0 aliphatic carbocycles. The second-order valence-corrected chi connectivity index (χ2v) is 3.13. The number of amides is 2. The van der Waals surface area contributed by atoms with Crippen LogP contribution in [0.15, 0.2) is 18.3 Å². The third-order valence-corrected chi connectivity index (χ3v) is 2.24. The molecule has 0 saturated carbocycles. The first-order valence-electron chi connectivity index (χ1n) is 4.24. The maximum atomic E-state index is 11.4. The fourth-order valence-corrected chi connectivity index (χ4v) is 1.55. The van der Waals surface area contributed by atoms with E-state index >= 15 is 0 Å². The molecule has 2 N–H and O–H groups in total. The maximum absolute atomic E-state index is 11.4. The molecule has 2 amide bonds. The summed E-state index contributed by atoms with van der Waals surface area (Å²) >= 11 is 0. The lowest BCUT2D eigenvalue weighted by Gasteiger charge is -2.19. The van der Waals surface area contributed by atoms with Crippen LogP contribution in [0.4, 0.5) is 0 Å². The zero-order valence-electron chi connectivity index (χ0n) is 7.04. The van der Waals surface area contributed by atoms with Gasteiger partial charge >= 0.3 is 0 Å². The lowest BCUT2D eigenvalue weighted by atomic mass is 9.95. The summed E-state index contributed by atoms with van der Waals surface area (Å²) in [6.07, 6.45) is 2.81. The number of nitrogens with one attached hydrogen (secondary N) is 2. The molecular weight excluding hydrogens is 168 g/mol. The van der Waals surface area contributed by atoms with E-state index in [1.54, 1.807) is 6.20 Å². The van der Waals surface area contributed by atoms with Gasteiger partial charge in [-0.2, -0.15) is 0 Å². The number of imide groups is 1. The van der Waals surface area contributed by atoms with E-state index in [0.717, 1.165) is 5.69 Å². The molecular formula is C9H10N2O2. The van der Waals surface area contributed by atoms with Crippen molar-refractivity contribution in [3.05, 3.63) is 24.0 Å². The molecule has 4 nitrogen and oxygen atoms in total. The summed E-state index contributed by atoms with van der Waals surface area (Å²) in [5, 5.41) is 2.32. The van der Waals surface area contributed by atoms with Crippen LogP contribution in [-0.4, -0.2) is 16.8 Å². The molecule has 1 atom stereocenters. The second-order valence-electron chi connectivity index (χ2n) is 3.13. The molecule has 68 valence electrons. The summed E-state index contributed by atoms with van der Waals surface area (Å²) in [6.45, 7) is 0. The highest BCUT2D eigenvalue weighted by Crippen LogP contribution is 2.22. The van der Waals surface area contributed by atoms with E-state index in [2.05, 4.69) is 10.3 Å². The average Bonchev–Trinajstić information content (AvgIpc) is 2.56. The highest BCUT2D eigenvalue weighted by atomic mass is 16.2. The number of piperidine rings is 1. The Hall–Kier alpha value is -1.58. The van der Waals surface area contributed by atoms with Gasteiger partial charge in [-0.3, -0.25) is 14.9 Å². The van der Waals surface area contributed by atoms with Crippen molar-refractivity contribution in [2.45, 2.75) is 18.8 Å². The van der Waals surface area contributed by atoms with Crippen LogP contribution in [0.2, 0.25) is 0 Å². The molecule has 0 spiro atoms. The average molecular weight is 178 g/mol. The third kappa shape index (κ3) is 1.47. The highest BCUT2D eigenvalue weighted by Gasteiger charge is 2.28. The zero-order valence-corrected chi connectivity index (χ0v) is 7.04. The number of aromatic amines is 1. The van der Waals surface area contributed by atoms with Crippen LogP contribution in [0.25, 0.3) is 0 Å². The molecule has 2 heterocycles.